The molecule has 1 amide bonds. The second-order valence-electron chi connectivity index (χ2n) is 7.72. The number of nitrogens with zero attached hydrogens (tertiary/aromatic N) is 1. The summed E-state index contributed by atoms with van der Waals surface area (Å²) >= 11 is 1.68. The van der Waals surface area contributed by atoms with Gasteiger partial charge >= 0.3 is 5.97 Å². The molecule has 5 rings (SSSR count). The minimum atomic E-state index is -2.27. The van der Waals surface area contributed by atoms with Crippen molar-refractivity contribution < 1.29 is 14.3 Å². The van der Waals surface area contributed by atoms with Crippen molar-refractivity contribution in [3.8, 4) is 0 Å². The van der Waals surface area contributed by atoms with E-state index < -0.39 is 13.2 Å². The number of fused-ring (bicyclic) bond motifs is 1. The van der Waals surface area contributed by atoms with Gasteiger partial charge in [-0.15, -0.1) is 11.8 Å². The van der Waals surface area contributed by atoms with Crippen LogP contribution in [0.3, 0.4) is 0 Å². The molecule has 0 N–H and O–H groups in total. The van der Waals surface area contributed by atoms with Gasteiger partial charge in [0, 0.05) is 5.75 Å². The molecule has 1 fully saturated rings. The summed E-state index contributed by atoms with van der Waals surface area (Å²) < 4.78 is 6.05. The average Bonchev–Trinajstić information content (AvgIpc) is 2.85. The number of thioether (sulfide) groups is 1. The first kappa shape index (κ1) is 21.0. The van der Waals surface area contributed by atoms with Crippen LogP contribution < -0.4 is 15.9 Å². The molecule has 0 radical (unpaired) electrons. The predicted molar refractivity (Wildman–Crippen MR) is 132 cm³/mol. The highest BCUT2D eigenvalue weighted by atomic mass is 32.2. The Morgan fingerprint density at radius 1 is 0.875 bits per heavy atom. The predicted octanol–water partition coefficient (Wildman–Crippen LogP) is 3.67. The summed E-state index contributed by atoms with van der Waals surface area (Å²) in [6.45, 7) is 0. The topological polar surface area (TPSA) is 46.6 Å². The van der Waals surface area contributed by atoms with Gasteiger partial charge in [0.05, 0.1) is 11.8 Å². The van der Waals surface area contributed by atoms with Crippen LogP contribution in [-0.4, -0.2) is 34.3 Å². The zero-order valence-electron chi connectivity index (χ0n) is 17.5. The Labute approximate surface area is 192 Å². The van der Waals surface area contributed by atoms with Crippen LogP contribution in [0.2, 0.25) is 0 Å². The molecule has 3 aromatic carbocycles. The Morgan fingerprint density at radius 2 is 1.38 bits per heavy atom. The fourth-order valence-electron chi connectivity index (χ4n) is 4.28. The molecule has 3 aromatic rings. The van der Waals surface area contributed by atoms with Gasteiger partial charge in [0.25, 0.3) is 0 Å². The molecule has 0 spiro atoms. The number of benzene rings is 3. The van der Waals surface area contributed by atoms with E-state index in [1.54, 1.807) is 16.7 Å². The molecular formula is C26H23NO3PS+. The molecule has 1 atom stereocenters. The lowest BCUT2D eigenvalue weighted by atomic mass is 10.1. The number of hydrogen-bond acceptors (Lipinski definition) is 4. The third-order valence-electron chi connectivity index (χ3n) is 5.92. The van der Waals surface area contributed by atoms with E-state index in [9.17, 15) is 9.59 Å². The lowest BCUT2D eigenvalue weighted by Gasteiger charge is -2.42. The smallest absolute Gasteiger partial charge is 0.357 e. The van der Waals surface area contributed by atoms with E-state index in [-0.39, 0.29) is 17.6 Å². The summed E-state index contributed by atoms with van der Waals surface area (Å²) in [5, 5.41) is 3.51. The van der Waals surface area contributed by atoms with E-state index in [0.29, 0.717) is 12.1 Å². The van der Waals surface area contributed by atoms with Crippen LogP contribution in [0.15, 0.2) is 103 Å². The maximum absolute atomic E-state index is 13.2. The van der Waals surface area contributed by atoms with Gasteiger partial charge in [0.1, 0.15) is 21.6 Å². The van der Waals surface area contributed by atoms with Crippen LogP contribution in [0.5, 0.6) is 0 Å². The van der Waals surface area contributed by atoms with E-state index in [1.807, 2.05) is 60.7 Å². The van der Waals surface area contributed by atoms with Gasteiger partial charge in [-0.05, 0) is 42.5 Å². The minimum Gasteiger partial charge on any atom is -0.424 e. The van der Waals surface area contributed by atoms with Crippen molar-refractivity contribution in [3.05, 3.63) is 103 Å². The molecule has 4 nitrogen and oxygen atoms in total. The van der Waals surface area contributed by atoms with Gasteiger partial charge in [-0.1, -0.05) is 54.6 Å². The average molecular weight is 461 g/mol. The van der Waals surface area contributed by atoms with E-state index in [0.717, 1.165) is 21.7 Å². The molecule has 2 aliphatic heterocycles. The Morgan fingerprint density at radius 3 is 1.84 bits per heavy atom. The van der Waals surface area contributed by atoms with Gasteiger partial charge in [-0.25, -0.2) is 4.79 Å². The number of hydrogen-bond donors (Lipinski definition) is 0. The zero-order chi connectivity index (χ0) is 22.0. The van der Waals surface area contributed by atoms with Crippen LogP contribution in [0.25, 0.3) is 0 Å². The Kier molecular flexibility index (Phi) is 5.86. The highest BCUT2D eigenvalue weighted by Crippen LogP contribution is 2.55. The van der Waals surface area contributed by atoms with Gasteiger partial charge in [0.15, 0.2) is 7.26 Å². The molecule has 2 aliphatic rings. The SMILES string of the molecule is O=C(OC[P+](c1ccccc1)(c1ccccc1)c1ccccc1)C1=CCS[C@@H]2CC(=O)N12. The van der Waals surface area contributed by atoms with Crippen molar-refractivity contribution >= 4 is 46.8 Å². The van der Waals surface area contributed by atoms with E-state index >= 15 is 0 Å². The van der Waals surface area contributed by atoms with Crippen molar-refractivity contribution in [1.29, 1.82) is 0 Å². The third-order valence-corrected chi connectivity index (χ3v) is 11.1. The monoisotopic (exact) mass is 460 g/mol. The van der Waals surface area contributed by atoms with Crippen molar-refractivity contribution in [3.63, 3.8) is 0 Å². The number of carbonyl (C=O) groups excluding carboxylic acids is 2. The van der Waals surface area contributed by atoms with E-state index in [2.05, 4.69) is 36.4 Å². The molecule has 0 bridgehead atoms. The zero-order valence-corrected chi connectivity index (χ0v) is 19.2. The van der Waals surface area contributed by atoms with Crippen LogP contribution in [0.4, 0.5) is 0 Å². The first-order valence-electron chi connectivity index (χ1n) is 10.6. The molecule has 1 saturated heterocycles. The summed E-state index contributed by atoms with van der Waals surface area (Å²) in [7, 11) is -2.27. The maximum atomic E-state index is 13.2. The maximum Gasteiger partial charge on any atom is 0.357 e. The number of carbonyl (C=O) groups is 2. The number of esters is 1. The van der Waals surface area contributed by atoms with Gasteiger partial charge in [0.2, 0.25) is 12.3 Å². The molecule has 2 heterocycles. The van der Waals surface area contributed by atoms with E-state index in [1.165, 1.54) is 0 Å². The van der Waals surface area contributed by atoms with Crippen LogP contribution in [0.1, 0.15) is 6.42 Å². The first-order chi connectivity index (χ1) is 15.7. The Balaban J connectivity index is 1.55. The standard InChI is InChI=1S/C26H23NO3PS/c28-24-18-25-27(24)23(16-17-32-25)26(29)30-19-31(20-10-4-1-5-11-20,21-12-6-2-7-13-21)22-14-8-3-9-15-22/h1-16,25H,17-19H2/q+1/t25-/m1/s1. The van der Waals surface area contributed by atoms with Gasteiger partial charge in [-0.2, -0.15) is 0 Å². The second kappa shape index (κ2) is 8.93. The van der Waals surface area contributed by atoms with Crippen molar-refractivity contribution in [2.75, 3.05) is 12.1 Å². The van der Waals surface area contributed by atoms with Crippen LogP contribution >= 0.6 is 19.0 Å². The molecule has 0 aromatic heterocycles. The second-order valence-corrected chi connectivity index (χ2v) is 12.4. The first-order valence-corrected chi connectivity index (χ1v) is 13.6. The summed E-state index contributed by atoms with van der Waals surface area (Å²) in [5.41, 5.74) is 0.386. The molecule has 0 saturated carbocycles. The molecule has 6 heteroatoms. The quantitative estimate of drug-likeness (QED) is 0.320. The normalized spacial score (nSPS) is 17.8. The molecule has 32 heavy (non-hydrogen) atoms. The third kappa shape index (κ3) is 3.66. The number of amides is 1. The lowest BCUT2D eigenvalue weighted by Crippen LogP contribution is -2.53. The molecular weight excluding hydrogens is 437 g/mol. The molecule has 0 unspecified atom stereocenters. The van der Waals surface area contributed by atoms with Gasteiger partial charge in [-0.3, -0.25) is 9.69 Å². The van der Waals surface area contributed by atoms with Crippen molar-refractivity contribution in [2.45, 2.75) is 11.8 Å². The summed E-state index contributed by atoms with van der Waals surface area (Å²) in [4.78, 5) is 26.9. The molecule has 0 aliphatic carbocycles. The van der Waals surface area contributed by atoms with E-state index in [4.69, 9.17) is 4.74 Å². The van der Waals surface area contributed by atoms with Crippen LogP contribution in [-0.2, 0) is 14.3 Å². The fraction of sp³-hybridized carbons (Fsp3) is 0.154. The fourth-order valence-corrected chi connectivity index (χ4v) is 9.09. The number of rotatable bonds is 6. The Bertz CT molecular complexity index is 1050. The molecule has 160 valence electrons. The number of β-lactam (4-membered cyclic amide) rings is 1. The van der Waals surface area contributed by atoms with Crippen molar-refractivity contribution in [1.82, 2.24) is 4.90 Å². The Hall–Kier alpha value is -2.88. The highest BCUT2D eigenvalue weighted by Gasteiger charge is 2.48. The minimum absolute atomic E-state index is 0.0133. The van der Waals surface area contributed by atoms with Crippen LogP contribution in [0, 0.1) is 0 Å². The summed E-state index contributed by atoms with van der Waals surface area (Å²) in [6, 6.07) is 30.9. The summed E-state index contributed by atoms with van der Waals surface area (Å²) in [5.74, 6) is 0.283. The lowest BCUT2D eigenvalue weighted by molar-refractivity contribution is -0.148. The van der Waals surface area contributed by atoms with Crippen molar-refractivity contribution in [2.24, 2.45) is 0 Å². The highest BCUT2D eigenvalue weighted by molar-refractivity contribution is 8.00. The summed E-state index contributed by atoms with van der Waals surface area (Å²) in [6.07, 6.45) is 2.54. The largest absolute Gasteiger partial charge is 0.424 e. The number of ether oxygens (including phenoxy) is 1. The van der Waals surface area contributed by atoms with Gasteiger partial charge < -0.3 is 4.74 Å².